The van der Waals surface area contributed by atoms with Crippen molar-refractivity contribution >= 4 is 29.0 Å². The number of nitrogens with one attached hydrogen (secondary N) is 1. The number of hydrogen-bond acceptors (Lipinski definition) is 4. The van der Waals surface area contributed by atoms with Crippen molar-refractivity contribution in [1.29, 1.82) is 0 Å². The van der Waals surface area contributed by atoms with Gasteiger partial charge in [0.15, 0.2) is 0 Å². The highest BCUT2D eigenvalue weighted by atomic mass is 35.5. The maximum atomic E-state index is 5.39. The summed E-state index contributed by atoms with van der Waals surface area (Å²) in [7, 11) is 3.85. The van der Waals surface area contributed by atoms with Gasteiger partial charge in [-0.25, -0.2) is 0 Å². The monoisotopic (exact) mass is 323 g/mol. The fourth-order valence-electron chi connectivity index (χ4n) is 2.64. The van der Waals surface area contributed by atoms with Gasteiger partial charge in [0, 0.05) is 30.2 Å². The van der Waals surface area contributed by atoms with Crippen molar-refractivity contribution in [2.45, 2.75) is 26.3 Å². The SMILES string of the molecule is CCCN(C)CC(C)Nc1cc(OC)cc2cccnc12.Cl. The second-order valence-electron chi connectivity index (χ2n) is 5.56. The number of aromatic nitrogens is 1. The molecule has 1 unspecified atom stereocenters. The maximum absolute atomic E-state index is 5.39. The molecule has 0 aliphatic rings. The van der Waals surface area contributed by atoms with Gasteiger partial charge in [-0.1, -0.05) is 13.0 Å². The van der Waals surface area contributed by atoms with Crippen LogP contribution < -0.4 is 10.1 Å². The Morgan fingerprint density at radius 2 is 2.14 bits per heavy atom. The molecule has 122 valence electrons. The number of rotatable bonds is 7. The molecule has 0 saturated heterocycles. The first-order chi connectivity index (χ1) is 10.1. The molecule has 0 spiro atoms. The highest BCUT2D eigenvalue weighted by Crippen LogP contribution is 2.28. The predicted octanol–water partition coefficient (Wildman–Crippen LogP) is 3.81. The van der Waals surface area contributed by atoms with Gasteiger partial charge < -0.3 is 15.0 Å². The maximum Gasteiger partial charge on any atom is 0.121 e. The van der Waals surface area contributed by atoms with Crippen molar-refractivity contribution in [2.75, 3.05) is 32.6 Å². The summed E-state index contributed by atoms with van der Waals surface area (Å²) >= 11 is 0. The summed E-state index contributed by atoms with van der Waals surface area (Å²) in [6, 6.07) is 8.39. The van der Waals surface area contributed by atoms with Crippen LogP contribution in [0.5, 0.6) is 5.75 Å². The van der Waals surface area contributed by atoms with Crippen LogP contribution in [-0.4, -0.2) is 43.2 Å². The van der Waals surface area contributed by atoms with Crippen molar-refractivity contribution < 1.29 is 4.74 Å². The van der Waals surface area contributed by atoms with E-state index < -0.39 is 0 Å². The second kappa shape index (κ2) is 8.81. The van der Waals surface area contributed by atoms with Crippen molar-refractivity contribution in [2.24, 2.45) is 0 Å². The number of hydrogen-bond donors (Lipinski definition) is 1. The Labute approximate surface area is 139 Å². The smallest absolute Gasteiger partial charge is 0.121 e. The number of anilines is 1. The molecule has 1 heterocycles. The summed E-state index contributed by atoms with van der Waals surface area (Å²) in [5, 5.41) is 4.66. The normalized spacial score (nSPS) is 12.0. The first-order valence-electron chi connectivity index (χ1n) is 7.52. The minimum Gasteiger partial charge on any atom is -0.497 e. The summed E-state index contributed by atoms with van der Waals surface area (Å²) in [4.78, 5) is 6.83. The van der Waals surface area contributed by atoms with E-state index in [1.807, 2.05) is 24.4 Å². The van der Waals surface area contributed by atoms with Gasteiger partial charge in [-0.05, 0) is 39.1 Å². The summed E-state index contributed by atoms with van der Waals surface area (Å²) in [6.07, 6.45) is 3.00. The lowest BCUT2D eigenvalue weighted by Gasteiger charge is -2.23. The Morgan fingerprint density at radius 3 is 2.82 bits per heavy atom. The first-order valence-corrected chi connectivity index (χ1v) is 7.52. The number of halogens is 1. The van der Waals surface area contributed by atoms with E-state index in [0.717, 1.165) is 35.4 Å². The molecule has 0 aliphatic heterocycles. The molecule has 4 nitrogen and oxygen atoms in total. The third-order valence-corrected chi connectivity index (χ3v) is 3.51. The third kappa shape index (κ3) is 4.75. The van der Waals surface area contributed by atoms with Gasteiger partial charge in [-0.3, -0.25) is 4.98 Å². The quantitative estimate of drug-likeness (QED) is 0.840. The van der Waals surface area contributed by atoms with E-state index in [1.54, 1.807) is 7.11 Å². The van der Waals surface area contributed by atoms with Crippen molar-refractivity contribution in [3.05, 3.63) is 30.5 Å². The summed E-state index contributed by atoms with van der Waals surface area (Å²) in [5.74, 6) is 0.854. The van der Waals surface area contributed by atoms with Crippen LogP contribution in [0.25, 0.3) is 10.9 Å². The van der Waals surface area contributed by atoms with Gasteiger partial charge in [0.25, 0.3) is 0 Å². The molecule has 1 aromatic heterocycles. The topological polar surface area (TPSA) is 37.4 Å². The van der Waals surface area contributed by atoms with Crippen LogP contribution in [0.2, 0.25) is 0 Å². The highest BCUT2D eigenvalue weighted by molar-refractivity contribution is 5.91. The van der Waals surface area contributed by atoms with E-state index >= 15 is 0 Å². The molecule has 0 fully saturated rings. The molecular formula is C17H26ClN3O. The molecule has 0 amide bonds. The summed E-state index contributed by atoms with van der Waals surface area (Å²) < 4.78 is 5.39. The van der Waals surface area contributed by atoms with Gasteiger partial charge in [-0.2, -0.15) is 0 Å². The number of methoxy groups -OCH3 is 1. The lowest BCUT2D eigenvalue weighted by atomic mass is 10.1. The number of ether oxygens (including phenoxy) is 1. The van der Waals surface area contributed by atoms with Gasteiger partial charge in [0.2, 0.25) is 0 Å². The third-order valence-electron chi connectivity index (χ3n) is 3.51. The van der Waals surface area contributed by atoms with Gasteiger partial charge in [0.1, 0.15) is 5.75 Å². The molecule has 0 bridgehead atoms. The fourth-order valence-corrected chi connectivity index (χ4v) is 2.64. The molecule has 2 aromatic rings. The van der Waals surface area contributed by atoms with Crippen molar-refractivity contribution in [3.63, 3.8) is 0 Å². The Hall–Kier alpha value is -1.52. The largest absolute Gasteiger partial charge is 0.497 e. The molecular weight excluding hydrogens is 298 g/mol. The molecule has 1 aromatic carbocycles. The van der Waals surface area contributed by atoms with E-state index in [-0.39, 0.29) is 12.4 Å². The Bertz CT molecular complexity index is 591. The zero-order valence-electron chi connectivity index (χ0n) is 13.8. The average molecular weight is 324 g/mol. The summed E-state index contributed by atoms with van der Waals surface area (Å²) in [6.45, 7) is 6.51. The van der Waals surface area contributed by atoms with Crippen LogP contribution in [0.15, 0.2) is 30.5 Å². The van der Waals surface area contributed by atoms with Crippen molar-refractivity contribution in [1.82, 2.24) is 9.88 Å². The Morgan fingerprint density at radius 1 is 1.36 bits per heavy atom. The fraction of sp³-hybridized carbons (Fsp3) is 0.471. The molecule has 1 atom stereocenters. The Balaban J connectivity index is 0.00000242. The zero-order chi connectivity index (χ0) is 15.2. The molecule has 5 heteroatoms. The van der Waals surface area contributed by atoms with Crippen molar-refractivity contribution in [3.8, 4) is 5.75 Å². The lowest BCUT2D eigenvalue weighted by molar-refractivity contribution is 0.324. The van der Waals surface area contributed by atoms with Crippen LogP contribution in [-0.2, 0) is 0 Å². The van der Waals surface area contributed by atoms with E-state index in [9.17, 15) is 0 Å². The van der Waals surface area contributed by atoms with E-state index in [4.69, 9.17) is 4.74 Å². The molecule has 22 heavy (non-hydrogen) atoms. The standard InChI is InChI=1S/C17H25N3O.ClH/c1-5-9-20(3)12-13(2)19-16-11-15(21-4)10-14-7-6-8-18-17(14)16;/h6-8,10-11,13,19H,5,9,12H2,1-4H3;1H. The predicted molar refractivity (Wildman–Crippen MR) is 96.4 cm³/mol. The van der Waals surface area contributed by atoms with E-state index in [0.29, 0.717) is 6.04 Å². The zero-order valence-corrected chi connectivity index (χ0v) is 14.6. The van der Waals surface area contributed by atoms with E-state index in [1.165, 1.54) is 6.42 Å². The van der Waals surface area contributed by atoms with Gasteiger partial charge in [0.05, 0.1) is 18.3 Å². The molecule has 0 aliphatic carbocycles. The minimum atomic E-state index is 0. The number of benzene rings is 1. The van der Waals surface area contributed by atoms with Crippen LogP contribution in [0.1, 0.15) is 20.3 Å². The number of likely N-dealkylation sites (N-methyl/N-ethyl adjacent to an activating group) is 1. The average Bonchev–Trinajstić information content (AvgIpc) is 2.47. The molecule has 2 rings (SSSR count). The number of fused-ring (bicyclic) bond motifs is 1. The molecule has 0 radical (unpaired) electrons. The highest BCUT2D eigenvalue weighted by Gasteiger charge is 2.10. The van der Waals surface area contributed by atoms with E-state index in [2.05, 4.69) is 42.2 Å². The van der Waals surface area contributed by atoms with Gasteiger partial charge in [-0.15, -0.1) is 12.4 Å². The second-order valence-corrected chi connectivity index (χ2v) is 5.56. The summed E-state index contributed by atoms with van der Waals surface area (Å²) in [5.41, 5.74) is 2.02. The molecule has 1 N–H and O–H groups in total. The molecule has 0 saturated carbocycles. The van der Waals surface area contributed by atoms with Gasteiger partial charge >= 0.3 is 0 Å². The Kier molecular flexibility index (Phi) is 7.42. The van der Waals surface area contributed by atoms with Crippen LogP contribution in [0, 0.1) is 0 Å². The van der Waals surface area contributed by atoms with Crippen LogP contribution >= 0.6 is 12.4 Å². The minimum absolute atomic E-state index is 0. The lowest BCUT2D eigenvalue weighted by Crippen LogP contribution is -2.32. The number of pyridine rings is 1. The number of nitrogens with zero attached hydrogens (tertiary/aromatic N) is 2. The van der Waals surface area contributed by atoms with Crippen LogP contribution in [0.4, 0.5) is 5.69 Å². The first kappa shape index (κ1) is 18.5. The van der Waals surface area contributed by atoms with Crippen LogP contribution in [0.3, 0.4) is 0 Å².